The molecule has 0 aromatic heterocycles. The summed E-state index contributed by atoms with van der Waals surface area (Å²) in [5.74, 6) is 0.443. The maximum absolute atomic E-state index is 13.9. The van der Waals surface area contributed by atoms with Crippen molar-refractivity contribution in [2.75, 3.05) is 12.0 Å². The molecule has 0 saturated heterocycles. The summed E-state index contributed by atoms with van der Waals surface area (Å²) in [6, 6.07) is 27.1. The summed E-state index contributed by atoms with van der Waals surface area (Å²) in [5, 5.41) is 2.99. The van der Waals surface area contributed by atoms with E-state index in [2.05, 4.69) is 37.4 Å². The smallest absolute Gasteiger partial charge is 0.259 e. The Balaban J connectivity index is 1.50. The third kappa shape index (κ3) is 5.11. The molecule has 1 N–H and O–H groups in total. The van der Waals surface area contributed by atoms with Crippen LogP contribution in [0.25, 0.3) is 0 Å². The monoisotopic (exact) mass is 508 g/mol. The standard InChI is InChI=1S/C31H28N2O3S/c1-20-12-13-21(2)24(16-20)19-33-26-17-22(30(34)32-18-23-8-4-6-10-27(23)36-3)14-15-29(26)37-28-11-7-5-9-25(28)31(33)35/h4-17H,18-19H2,1-3H3,(H,32,34). The summed E-state index contributed by atoms with van der Waals surface area (Å²) < 4.78 is 5.40. The van der Waals surface area contributed by atoms with E-state index < -0.39 is 0 Å². The number of hydrogen-bond donors (Lipinski definition) is 1. The summed E-state index contributed by atoms with van der Waals surface area (Å²) >= 11 is 1.55. The lowest BCUT2D eigenvalue weighted by atomic mass is 10.0. The van der Waals surface area contributed by atoms with Crippen LogP contribution in [0.4, 0.5) is 5.69 Å². The molecule has 5 nitrogen and oxygen atoms in total. The Morgan fingerprint density at radius 1 is 0.892 bits per heavy atom. The lowest BCUT2D eigenvalue weighted by Gasteiger charge is -2.25. The lowest BCUT2D eigenvalue weighted by molar-refractivity contribution is 0.0947. The van der Waals surface area contributed by atoms with Crippen molar-refractivity contribution in [2.45, 2.75) is 36.7 Å². The highest BCUT2D eigenvalue weighted by Gasteiger charge is 2.28. The number of fused-ring (bicyclic) bond motifs is 2. The average Bonchev–Trinajstić information content (AvgIpc) is 3.03. The van der Waals surface area contributed by atoms with E-state index in [1.54, 1.807) is 23.8 Å². The number of nitrogens with zero attached hydrogens (tertiary/aromatic N) is 1. The third-order valence-corrected chi connectivity index (χ3v) is 7.70. The van der Waals surface area contributed by atoms with E-state index in [1.165, 1.54) is 0 Å². The number of hydrogen-bond acceptors (Lipinski definition) is 4. The van der Waals surface area contributed by atoms with E-state index in [4.69, 9.17) is 4.74 Å². The number of para-hydroxylation sites is 1. The number of amides is 2. The van der Waals surface area contributed by atoms with Crippen LogP contribution in [0.15, 0.2) is 94.7 Å². The van der Waals surface area contributed by atoms with Gasteiger partial charge in [-0.3, -0.25) is 9.59 Å². The second kappa shape index (κ2) is 10.5. The van der Waals surface area contributed by atoms with Crippen molar-refractivity contribution in [1.82, 2.24) is 5.32 Å². The van der Waals surface area contributed by atoms with Gasteiger partial charge in [-0.25, -0.2) is 0 Å². The van der Waals surface area contributed by atoms with Gasteiger partial charge in [0.25, 0.3) is 11.8 Å². The first-order valence-corrected chi connectivity index (χ1v) is 13.0. The summed E-state index contributed by atoms with van der Waals surface area (Å²) in [4.78, 5) is 30.7. The number of nitrogens with one attached hydrogen (secondary N) is 1. The van der Waals surface area contributed by atoms with E-state index in [-0.39, 0.29) is 11.8 Å². The Kier molecular flexibility index (Phi) is 7.01. The maximum Gasteiger partial charge on any atom is 0.259 e. The number of methoxy groups -OCH3 is 1. The molecular formula is C31H28N2O3S. The topological polar surface area (TPSA) is 58.6 Å². The van der Waals surface area contributed by atoms with Crippen LogP contribution in [0.1, 0.15) is 43.0 Å². The fraction of sp³-hybridized carbons (Fsp3) is 0.161. The van der Waals surface area contributed by atoms with Gasteiger partial charge in [0, 0.05) is 27.5 Å². The number of benzene rings is 4. The molecular weight excluding hydrogens is 480 g/mol. The molecule has 0 aliphatic carbocycles. The molecule has 0 radical (unpaired) electrons. The van der Waals surface area contributed by atoms with E-state index in [0.29, 0.717) is 24.2 Å². The van der Waals surface area contributed by atoms with Gasteiger partial charge in [0.2, 0.25) is 0 Å². The van der Waals surface area contributed by atoms with E-state index in [0.717, 1.165) is 43.5 Å². The van der Waals surface area contributed by atoms with Gasteiger partial charge >= 0.3 is 0 Å². The largest absolute Gasteiger partial charge is 0.496 e. The third-order valence-electron chi connectivity index (χ3n) is 6.56. The minimum Gasteiger partial charge on any atom is -0.496 e. The van der Waals surface area contributed by atoms with Gasteiger partial charge in [0.05, 0.1) is 24.9 Å². The minimum absolute atomic E-state index is 0.0747. The number of carbonyl (C=O) groups is 2. The highest BCUT2D eigenvalue weighted by atomic mass is 32.2. The van der Waals surface area contributed by atoms with Crippen LogP contribution in [0.2, 0.25) is 0 Å². The highest BCUT2D eigenvalue weighted by Crippen LogP contribution is 2.42. The molecule has 0 atom stereocenters. The molecule has 0 bridgehead atoms. The summed E-state index contributed by atoms with van der Waals surface area (Å²) in [6.45, 7) is 4.87. The zero-order valence-electron chi connectivity index (χ0n) is 21.1. The van der Waals surface area contributed by atoms with Crippen molar-refractivity contribution in [3.8, 4) is 5.75 Å². The Hall–Kier alpha value is -4.03. The van der Waals surface area contributed by atoms with Gasteiger partial charge in [-0.05, 0) is 61.4 Å². The molecule has 37 heavy (non-hydrogen) atoms. The zero-order valence-corrected chi connectivity index (χ0v) is 21.9. The van der Waals surface area contributed by atoms with Crippen molar-refractivity contribution in [3.63, 3.8) is 0 Å². The molecule has 2 amide bonds. The Morgan fingerprint density at radius 2 is 1.68 bits per heavy atom. The molecule has 0 fully saturated rings. The van der Waals surface area contributed by atoms with Crippen molar-refractivity contribution < 1.29 is 14.3 Å². The predicted octanol–water partition coefficient (Wildman–Crippen LogP) is 6.55. The van der Waals surface area contributed by atoms with Gasteiger partial charge in [0.1, 0.15) is 5.75 Å². The zero-order chi connectivity index (χ0) is 25.9. The van der Waals surface area contributed by atoms with Gasteiger partial charge in [-0.2, -0.15) is 0 Å². The molecule has 5 rings (SSSR count). The van der Waals surface area contributed by atoms with E-state index in [9.17, 15) is 9.59 Å². The molecule has 0 saturated carbocycles. The molecule has 1 heterocycles. The molecule has 0 spiro atoms. The molecule has 4 aromatic rings. The average molecular weight is 509 g/mol. The maximum atomic E-state index is 13.9. The molecule has 4 aromatic carbocycles. The van der Waals surface area contributed by atoms with Crippen LogP contribution in [0.3, 0.4) is 0 Å². The normalized spacial score (nSPS) is 12.4. The minimum atomic E-state index is -0.209. The van der Waals surface area contributed by atoms with Gasteiger partial charge < -0.3 is 15.0 Å². The second-order valence-corrected chi connectivity index (χ2v) is 10.2. The number of aryl methyl sites for hydroxylation is 2. The number of anilines is 1. The molecule has 1 aliphatic rings. The van der Waals surface area contributed by atoms with Crippen LogP contribution < -0.4 is 15.0 Å². The van der Waals surface area contributed by atoms with Crippen LogP contribution in [0.5, 0.6) is 5.75 Å². The molecule has 1 aliphatic heterocycles. The van der Waals surface area contributed by atoms with Crippen LogP contribution >= 0.6 is 11.8 Å². The number of ether oxygens (including phenoxy) is 1. The van der Waals surface area contributed by atoms with Gasteiger partial charge in [-0.15, -0.1) is 0 Å². The van der Waals surface area contributed by atoms with Crippen molar-refractivity contribution in [3.05, 3.63) is 118 Å². The highest BCUT2D eigenvalue weighted by molar-refractivity contribution is 7.99. The number of rotatable bonds is 6. The van der Waals surface area contributed by atoms with Crippen LogP contribution in [0, 0.1) is 13.8 Å². The first kappa shape index (κ1) is 24.7. The Labute approximate surface area is 221 Å². The van der Waals surface area contributed by atoms with Crippen molar-refractivity contribution in [2.24, 2.45) is 0 Å². The summed E-state index contributed by atoms with van der Waals surface area (Å²) in [6.07, 6.45) is 0. The Bertz CT molecular complexity index is 1500. The summed E-state index contributed by atoms with van der Waals surface area (Å²) in [5.41, 5.74) is 6.13. The molecule has 186 valence electrons. The van der Waals surface area contributed by atoms with E-state index >= 15 is 0 Å². The Morgan fingerprint density at radius 3 is 2.51 bits per heavy atom. The van der Waals surface area contributed by atoms with Gasteiger partial charge in [0.15, 0.2) is 0 Å². The second-order valence-electron chi connectivity index (χ2n) is 9.10. The first-order valence-electron chi connectivity index (χ1n) is 12.1. The van der Waals surface area contributed by atoms with Crippen molar-refractivity contribution in [1.29, 1.82) is 0 Å². The molecule has 0 unspecified atom stereocenters. The molecule has 6 heteroatoms. The fourth-order valence-electron chi connectivity index (χ4n) is 4.49. The lowest BCUT2D eigenvalue weighted by Crippen LogP contribution is -2.31. The SMILES string of the molecule is COc1ccccc1CNC(=O)c1ccc2c(c1)N(Cc1cc(C)ccc1C)C(=O)c1ccccc1S2. The summed E-state index contributed by atoms with van der Waals surface area (Å²) in [7, 11) is 1.62. The quantitative estimate of drug-likeness (QED) is 0.321. The first-order chi connectivity index (χ1) is 17.9. The number of carbonyl (C=O) groups excluding carboxylic acids is 2. The van der Waals surface area contributed by atoms with Gasteiger partial charge in [-0.1, -0.05) is 65.9 Å². The predicted molar refractivity (Wildman–Crippen MR) is 148 cm³/mol. The fourth-order valence-corrected chi connectivity index (χ4v) is 5.54. The van der Waals surface area contributed by atoms with Crippen molar-refractivity contribution >= 4 is 29.3 Å². The van der Waals surface area contributed by atoms with E-state index in [1.807, 2.05) is 66.7 Å². The van der Waals surface area contributed by atoms with Crippen LogP contribution in [-0.2, 0) is 13.1 Å². The van der Waals surface area contributed by atoms with Crippen LogP contribution in [-0.4, -0.2) is 18.9 Å².